The number of carbonyl (C=O) groups excluding carboxylic acids is 2. The summed E-state index contributed by atoms with van der Waals surface area (Å²) < 4.78 is 0. The van der Waals surface area contributed by atoms with E-state index in [2.05, 4.69) is 0 Å². The number of amides is 2. The van der Waals surface area contributed by atoms with Gasteiger partial charge < -0.3 is 14.9 Å². The van der Waals surface area contributed by atoms with Crippen LogP contribution in [0.25, 0.3) is 0 Å². The molecule has 7 heavy (non-hydrogen) atoms. The molecule has 0 bridgehead atoms. The van der Waals surface area contributed by atoms with E-state index in [9.17, 15) is 4.79 Å². The van der Waals surface area contributed by atoms with Crippen LogP contribution in [0.15, 0.2) is 0 Å². The molecule has 4 heteroatoms. The minimum Gasteiger partial charge on any atom is -0.462 e. The summed E-state index contributed by atoms with van der Waals surface area (Å²) in [7, 11) is 0. The molecule has 41 valence electrons. The molecule has 0 spiro atoms. The van der Waals surface area contributed by atoms with Crippen LogP contribution in [0, 0.1) is 0 Å². The van der Waals surface area contributed by atoms with Gasteiger partial charge in [0.2, 0.25) is 0 Å². The van der Waals surface area contributed by atoms with Crippen molar-refractivity contribution in [3.05, 3.63) is 0 Å². The molecule has 0 saturated heterocycles. The molecule has 0 aliphatic rings. The smallest absolute Gasteiger partial charge is 0.0713 e. The van der Waals surface area contributed by atoms with Crippen molar-refractivity contribution in [3.63, 3.8) is 0 Å². The molecule has 0 aromatic heterocycles. The summed E-state index contributed by atoms with van der Waals surface area (Å²) in [4.78, 5) is 18.8. The number of rotatable bonds is 1. The summed E-state index contributed by atoms with van der Waals surface area (Å²) in [5.74, 6) is -0.384. The first-order valence-corrected chi connectivity index (χ1v) is 1.41. The Hall–Kier alpha value is -0.198. The quantitative estimate of drug-likeness (QED) is 0.501. The molecule has 0 fully saturated rings. The Morgan fingerprint density at radius 1 is 1.71 bits per heavy atom. The largest absolute Gasteiger partial charge is 0.462 e. The molecular formula is C3H4NO2Re-. The van der Waals surface area contributed by atoms with E-state index in [4.69, 9.17) is 4.79 Å². The van der Waals surface area contributed by atoms with Crippen molar-refractivity contribution in [3.8, 4) is 0 Å². The topological polar surface area (TPSA) is 46.2 Å². The van der Waals surface area contributed by atoms with E-state index in [1.165, 1.54) is 13.3 Å². The molecule has 0 aliphatic heterocycles. The first-order valence-electron chi connectivity index (χ1n) is 1.41. The maximum atomic E-state index is 9.67. The van der Waals surface area contributed by atoms with Crippen LogP contribution >= 0.6 is 0 Å². The third-order valence-corrected chi connectivity index (χ3v) is 0.227. The van der Waals surface area contributed by atoms with Crippen molar-refractivity contribution in [2.75, 3.05) is 0 Å². The van der Waals surface area contributed by atoms with E-state index in [1.54, 1.807) is 5.32 Å². The first kappa shape index (κ1) is 9.93. The summed E-state index contributed by atoms with van der Waals surface area (Å²) in [5.41, 5.74) is 0. The number of hydrogen-bond donors (Lipinski definition) is 1. The molecule has 0 saturated carbocycles. The maximum absolute atomic E-state index is 9.67. The van der Waals surface area contributed by atoms with Crippen LogP contribution < -0.4 is 5.32 Å². The Morgan fingerprint density at radius 2 is 2.14 bits per heavy atom. The van der Waals surface area contributed by atoms with Crippen molar-refractivity contribution in [2.24, 2.45) is 0 Å². The molecule has 0 aliphatic carbocycles. The number of hydrogen-bond acceptors (Lipinski definition) is 2. The van der Waals surface area contributed by atoms with Crippen molar-refractivity contribution >= 4 is 12.3 Å². The molecule has 0 rings (SSSR count). The van der Waals surface area contributed by atoms with Crippen LogP contribution in [0.5, 0.6) is 0 Å². The van der Waals surface area contributed by atoms with Crippen LogP contribution in [-0.4, -0.2) is 12.3 Å². The predicted molar refractivity (Wildman–Crippen MR) is 19.5 cm³/mol. The third-order valence-electron chi connectivity index (χ3n) is 0.227. The molecule has 0 aromatic rings. The van der Waals surface area contributed by atoms with Gasteiger partial charge >= 0.3 is 0 Å². The number of nitrogens with one attached hydrogen (secondary N) is 1. The molecule has 0 unspecified atom stereocenters. The zero-order valence-corrected chi connectivity index (χ0v) is 6.41. The molecule has 0 heterocycles. The molecule has 1 radical (unpaired) electrons. The Labute approximate surface area is 55.1 Å². The van der Waals surface area contributed by atoms with Gasteiger partial charge in [0.1, 0.15) is 0 Å². The average Bonchev–Trinajstić information content (AvgIpc) is 1.35. The monoisotopic (exact) mass is 273 g/mol. The molecule has 2 amide bonds. The summed E-state index contributed by atoms with van der Waals surface area (Å²) in [6.07, 6.45) is 1.22. The third kappa shape index (κ3) is 10.7. The Kier molecular flexibility index (Phi) is 8.23. The minimum absolute atomic E-state index is 0. The van der Waals surface area contributed by atoms with Gasteiger partial charge in [0.15, 0.2) is 0 Å². The zero-order chi connectivity index (χ0) is 4.99. The van der Waals surface area contributed by atoms with Crippen molar-refractivity contribution < 1.29 is 30.0 Å². The normalized spacial score (nSPS) is 5.86. The average molecular weight is 272 g/mol. The van der Waals surface area contributed by atoms with E-state index in [0.29, 0.717) is 0 Å². The van der Waals surface area contributed by atoms with Gasteiger partial charge in [-0.3, -0.25) is 0 Å². The van der Waals surface area contributed by atoms with Gasteiger partial charge in [0, 0.05) is 20.4 Å². The number of imide groups is 1. The fraction of sp³-hybridized carbons (Fsp3) is 0.333. The van der Waals surface area contributed by atoms with Crippen molar-refractivity contribution in [2.45, 2.75) is 6.92 Å². The van der Waals surface area contributed by atoms with E-state index in [0.717, 1.165) is 0 Å². The van der Waals surface area contributed by atoms with Gasteiger partial charge in [-0.15, -0.1) is 0 Å². The Morgan fingerprint density at radius 3 is 2.14 bits per heavy atom. The number of carbonyl (C=O) groups is 1. The van der Waals surface area contributed by atoms with Gasteiger partial charge in [-0.1, -0.05) is 6.92 Å². The van der Waals surface area contributed by atoms with Gasteiger partial charge in [-0.05, 0) is 0 Å². The zero-order valence-electron chi connectivity index (χ0n) is 3.69. The van der Waals surface area contributed by atoms with E-state index in [1.807, 2.05) is 0 Å². The molecule has 1 N–H and O–H groups in total. The van der Waals surface area contributed by atoms with Gasteiger partial charge in [-0.25, -0.2) is 0 Å². The minimum atomic E-state index is -0.384. The summed E-state index contributed by atoms with van der Waals surface area (Å²) in [6.45, 7) is 1.24. The van der Waals surface area contributed by atoms with Crippen LogP contribution in [0.1, 0.15) is 6.92 Å². The van der Waals surface area contributed by atoms with Gasteiger partial charge in [-0.2, -0.15) is 0 Å². The van der Waals surface area contributed by atoms with Crippen LogP contribution in [0.4, 0.5) is 0 Å². The molecule has 0 aromatic carbocycles. The van der Waals surface area contributed by atoms with Gasteiger partial charge in [0.25, 0.3) is 0 Å². The second kappa shape index (κ2) is 5.80. The van der Waals surface area contributed by atoms with Crippen molar-refractivity contribution in [1.82, 2.24) is 5.32 Å². The summed E-state index contributed by atoms with van der Waals surface area (Å²) in [5, 5.41) is 1.76. The first-order chi connectivity index (χ1) is 2.77. The van der Waals surface area contributed by atoms with Crippen LogP contribution in [0.2, 0.25) is 0 Å². The molecule has 0 atom stereocenters. The van der Waals surface area contributed by atoms with Crippen molar-refractivity contribution in [1.29, 1.82) is 0 Å². The second-order valence-corrected chi connectivity index (χ2v) is 0.783. The second-order valence-electron chi connectivity index (χ2n) is 0.783. The molecular weight excluding hydrogens is 268 g/mol. The molecule has 3 nitrogen and oxygen atoms in total. The van der Waals surface area contributed by atoms with E-state index in [-0.39, 0.29) is 26.3 Å². The standard InChI is InChI=1S/C3H4NO2.Re/c1-3(6)4-2-5;/h1H3,(H,4,5,6);/q-1;. The Balaban J connectivity index is 0. The van der Waals surface area contributed by atoms with Crippen LogP contribution in [-0.2, 0) is 30.0 Å². The van der Waals surface area contributed by atoms with Crippen LogP contribution in [0.3, 0.4) is 0 Å². The fourth-order valence-corrected chi connectivity index (χ4v) is 0.0719. The summed E-state index contributed by atoms with van der Waals surface area (Å²) >= 11 is 0. The van der Waals surface area contributed by atoms with E-state index >= 15 is 0 Å². The Bertz CT molecular complexity index is 73.3. The van der Waals surface area contributed by atoms with E-state index < -0.39 is 0 Å². The SMILES string of the molecule is CC(=O)N[C-]=O.[Re]. The predicted octanol–water partition coefficient (Wildman–Crippen LogP) is -0.813. The maximum Gasteiger partial charge on any atom is 0.0713 e. The van der Waals surface area contributed by atoms with Gasteiger partial charge in [0.05, 0.1) is 12.3 Å². The fourth-order valence-electron chi connectivity index (χ4n) is 0.0719. The summed E-state index contributed by atoms with van der Waals surface area (Å²) in [6, 6.07) is 0.